The SMILES string of the molecule is CC1(F)CC(F)(F)C(C)(c2cc(NC(=O)c3cnc(C(F)F)cn3)ccc2F)N=C1N. The van der Waals surface area contributed by atoms with Crippen LogP contribution < -0.4 is 11.1 Å². The van der Waals surface area contributed by atoms with Gasteiger partial charge in [0.1, 0.15) is 23.0 Å². The Morgan fingerprint density at radius 1 is 1.16 bits per heavy atom. The van der Waals surface area contributed by atoms with Crippen LogP contribution in [0.15, 0.2) is 35.6 Å². The zero-order valence-corrected chi connectivity index (χ0v) is 16.3. The second kappa shape index (κ2) is 7.50. The molecule has 1 amide bonds. The maximum absolute atomic E-state index is 14.8. The fourth-order valence-electron chi connectivity index (χ4n) is 3.12. The van der Waals surface area contributed by atoms with Crippen LogP contribution in [0, 0.1) is 5.82 Å². The van der Waals surface area contributed by atoms with E-state index in [1.165, 1.54) is 0 Å². The average Bonchev–Trinajstić information content (AvgIpc) is 2.67. The van der Waals surface area contributed by atoms with Gasteiger partial charge in [-0.05, 0) is 32.0 Å². The van der Waals surface area contributed by atoms with E-state index in [1.54, 1.807) is 0 Å². The van der Waals surface area contributed by atoms with Gasteiger partial charge in [-0.15, -0.1) is 0 Å². The van der Waals surface area contributed by atoms with E-state index in [0.29, 0.717) is 6.20 Å². The maximum atomic E-state index is 14.8. The Labute approximate surface area is 172 Å². The van der Waals surface area contributed by atoms with Crippen molar-refractivity contribution >= 4 is 17.4 Å². The number of anilines is 1. The van der Waals surface area contributed by atoms with Gasteiger partial charge in [-0.2, -0.15) is 0 Å². The van der Waals surface area contributed by atoms with Crippen molar-refractivity contribution in [3.8, 4) is 0 Å². The predicted molar refractivity (Wildman–Crippen MR) is 99.4 cm³/mol. The lowest BCUT2D eigenvalue weighted by Crippen LogP contribution is -2.56. The normalized spacial score (nSPS) is 25.3. The highest BCUT2D eigenvalue weighted by Crippen LogP contribution is 2.50. The number of halogens is 6. The molecule has 0 bridgehead atoms. The van der Waals surface area contributed by atoms with Crippen LogP contribution in [0.1, 0.15) is 48.4 Å². The molecular formula is C19H17F6N5O. The van der Waals surface area contributed by atoms with Crippen LogP contribution in [0.25, 0.3) is 0 Å². The van der Waals surface area contributed by atoms with Gasteiger partial charge in [0.25, 0.3) is 18.3 Å². The highest BCUT2D eigenvalue weighted by Gasteiger charge is 2.60. The third-order valence-corrected chi connectivity index (χ3v) is 5.02. The lowest BCUT2D eigenvalue weighted by molar-refractivity contribution is -0.106. The molecule has 1 aliphatic heterocycles. The Balaban J connectivity index is 1.95. The number of hydrogen-bond acceptors (Lipinski definition) is 5. The van der Waals surface area contributed by atoms with Crippen LogP contribution in [0.3, 0.4) is 0 Å². The molecule has 3 N–H and O–H groups in total. The minimum atomic E-state index is -3.81. The minimum Gasteiger partial charge on any atom is -0.385 e. The van der Waals surface area contributed by atoms with E-state index in [-0.39, 0.29) is 11.4 Å². The molecule has 0 aliphatic carbocycles. The molecule has 2 aromatic rings. The van der Waals surface area contributed by atoms with Crippen molar-refractivity contribution in [1.29, 1.82) is 0 Å². The van der Waals surface area contributed by atoms with Crippen molar-refractivity contribution in [2.24, 2.45) is 10.7 Å². The van der Waals surface area contributed by atoms with Crippen LogP contribution in [-0.2, 0) is 5.54 Å². The van der Waals surface area contributed by atoms with Gasteiger partial charge in [-0.1, -0.05) is 0 Å². The molecule has 1 aromatic carbocycles. The number of amides is 1. The molecule has 2 unspecified atom stereocenters. The van der Waals surface area contributed by atoms with Gasteiger partial charge in [0.05, 0.1) is 18.8 Å². The van der Waals surface area contributed by atoms with Crippen LogP contribution >= 0.6 is 0 Å². The van der Waals surface area contributed by atoms with E-state index in [1.807, 2.05) is 0 Å². The lowest BCUT2D eigenvalue weighted by atomic mass is 9.77. The standard InChI is InChI=1S/C19H17F6N5O/c1-17(23)8-19(24,25)18(2,30-16(17)26)10-5-9(3-4-11(10)20)29-15(31)13-7-27-12(6-28-13)14(21)22/h3-7,14H,8H2,1-2H3,(H2,26,30)(H,29,31). The summed E-state index contributed by atoms with van der Waals surface area (Å²) in [6, 6.07) is 2.83. The van der Waals surface area contributed by atoms with Gasteiger partial charge >= 0.3 is 0 Å². The van der Waals surface area contributed by atoms with Crippen molar-refractivity contribution < 1.29 is 31.1 Å². The van der Waals surface area contributed by atoms with Gasteiger partial charge in [0, 0.05) is 11.3 Å². The number of amidine groups is 1. The smallest absolute Gasteiger partial charge is 0.281 e. The molecule has 0 fully saturated rings. The van der Waals surface area contributed by atoms with Crippen LogP contribution in [0.2, 0.25) is 0 Å². The van der Waals surface area contributed by atoms with Crippen molar-refractivity contribution in [1.82, 2.24) is 9.97 Å². The van der Waals surface area contributed by atoms with Gasteiger partial charge in [0.15, 0.2) is 11.2 Å². The molecule has 12 heteroatoms. The third kappa shape index (κ3) is 4.06. The molecule has 6 nitrogen and oxygen atoms in total. The summed E-state index contributed by atoms with van der Waals surface area (Å²) >= 11 is 0. The second-order valence-electron chi connectivity index (χ2n) is 7.42. The molecule has 0 radical (unpaired) electrons. The van der Waals surface area contributed by atoms with Crippen LogP contribution in [0.4, 0.5) is 32.0 Å². The van der Waals surface area contributed by atoms with Gasteiger partial charge in [0.2, 0.25) is 0 Å². The maximum Gasteiger partial charge on any atom is 0.281 e. The number of nitrogens with one attached hydrogen (secondary N) is 1. The van der Waals surface area contributed by atoms with E-state index >= 15 is 0 Å². The Kier molecular flexibility index (Phi) is 5.45. The average molecular weight is 445 g/mol. The summed E-state index contributed by atoms with van der Waals surface area (Å²) in [5.41, 5.74) is -1.30. The Morgan fingerprint density at radius 2 is 1.84 bits per heavy atom. The molecule has 0 spiro atoms. The van der Waals surface area contributed by atoms with E-state index < -0.39 is 58.8 Å². The fraction of sp³-hybridized carbons (Fsp3) is 0.368. The zero-order chi connectivity index (χ0) is 23.2. The first-order chi connectivity index (χ1) is 14.3. The molecule has 31 heavy (non-hydrogen) atoms. The number of aromatic nitrogens is 2. The van der Waals surface area contributed by atoms with E-state index in [9.17, 15) is 31.1 Å². The number of alkyl halides is 5. The first kappa shape index (κ1) is 22.5. The number of rotatable bonds is 4. The highest BCUT2D eigenvalue weighted by molar-refractivity contribution is 6.02. The number of carbonyl (C=O) groups is 1. The topological polar surface area (TPSA) is 93.3 Å². The molecular weight excluding hydrogens is 428 g/mol. The third-order valence-electron chi connectivity index (χ3n) is 5.02. The first-order valence-electron chi connectivity index (χ1n) is 8.91. The summed E-state index contributed by atoms with van der Waals surface area (Å²) in [5, 5.41) is 2.29. The number of nitrogens with zero attached hydrogens (tertiary/aromatic N) is 3. The Hall–Kier alpha value is -3.18. The van der Waals surface area contributed by atoms with Crippen molar-refractivity contribution in [3.05, 3.63) is 53.4 Å². The largest absolute Gasteiger partial charge is 0.385 e. The van der Waals surface area contributed by atoms with Crippen LogP contribution in [0.5, 0.6) is 0 Å². The monoisotopic (exact) mass is 445 g/mol. The number of hydrogen-bond donors (Lipinski definition) is 2. The molecule has 3 rings (SSSR count). The summed E-state index contributed by atoms with van der Waals surface area (Å²) < 4.78 is 83.5. The molecule has 1 aliphatic rings. The van der Waals surface area contributed by atoms with Gasteiger partial charge in [-0.3, -0.25) is 14.8 Å². The molecule has 2 heterocycles. The van der Waals surface area contributed by atoms with Crippen molar-refractivity contribution in [2.75, 3.05) is 5.32 Å². The van der Waals surface area contributed by atoms with E-state index in [2.05, 4.69) is 20.3 Å². The molecule has 1 aromatic heterocycles. The zero-order valence-electron chi connectivity index (χ0n) is 16.3. The van der Waals surface area contributed by atoms with Crippen LogP contribution in [-0.4, -0.2) is 33.3 Å². The van der Waals surface area contributed by atoms with Gasteiger partial charge in [-0.25, -0.2) is 31.3 Å². The highest BCUT2D eigenvalue weighted by atomic mass is 19.3. The van der Waals surface area contributed by atoms with Gasteiger partial charge < -0.3 is 11.1 Å². The first-order valence-corrected chi connectivity index (χ1v) is 8.91. The Bertz CT molecular complexity index is 1040. The number of aliphatic imine (C=N–C) groups is 1. The summed E-state index contributed by atoms with van der Waals surface area (Å²) in [6.45, 7) is 1.76. The fourth-order valence-corrected chi connectivity index (χ4v) is 3.12. The minimum absolute atomic E-state index is 0.111. The Morgan fingerprint density at radius 3 is 2.42 bits per heavy atom. The summed E-state index contributed by atoms with van der Waals surface area (Å²) in [4.78, 5) is 22.8. The lowest BCUT2D eigenvalue weighted by Gasteiger charge is -2.42. The molecule has 0 saturated carbocycles. The quantitative estimate of drug-likeness (QED) is 0.692. The molecule has 0 saturated heterocycles. The van der Waals surface area contributed by atoms with E-state index in [4.69, 9.17) is 5.73 Å². The number of nitrogens with two attached hydrogens (primary N) is 1. The molecule has 166 valence electrons. The molecule has 2 atom stereocenters. The number of benzene rings is 1. The predicted octanol–water partition coefficient (Wildman–Crippen LogP) is 4.15. The van der Waals surface area contributed by atoms with E-state index in [0.717, 1.165) is 38.2 Å². The number of carbonyl (C=O) groups excluding carboxylic acids is 1. The summed E-state index contributed by atoms with van der Waals surface area (Å²) in [5.74, 6) is -6.48. The van der Waals surface area contributed by atoms with Crippen molar-refractivity contribution in [3.63, 3.8) is 0 Å². The second-order valence-corrected chi connectivity index (χ2v) is 7.42. The summed E-state index contributed by atoms with van der Waals surface area (Å²) in [6.07, 6.45) is -2.66. The summed E-state index contributed by atoms with van der Waals surface area (Å²) in [7, 11) is 0. The van der Waals surface area contributed by atoms with Crippen molar-refractivity contribution in [2.45, 2.75) is 43.8 Å².